The van der Waals surface area contributed by atoms with E-state index in [9.17, 15) is 0 Å². The normalized spacial score (nSPS) is 11.8. The molecule has 0 spiro atoms. The number of hydrogen-bond acceptors (Lipinski definition) is 0. The maximum atomic E-state index is 2.37. The highest BCUT2D eigenvalue weighted by molar-refractivity contribution is 5.40. The summed E-state index contributed by atoms with van der Waals surface area (Å²) in [5, 5.41) is 0. The van der Waals surface area contributed by atoms with Gasteiger partial charge >= 0.3 is 0 Å². The van der Waals surface area contributed by atoms with Crippen molar-refractivity contribution in [1.82, 2.24) is 0 Å². The van der Waals surface area contributed by atoms with Gasteiger partial charge in [-0.2, -0.15) is 0 Å². The van der Waals surface area contributed by atoms with Gasteiger partial charge in [0, 0.05) is 0 Å². The molecule has 0 bridgehead atoms. The predicted molar refractivity (Wildman–Crippen MR) is 93.0 cm³/mol. The summed E-state index contributed by atoms with van der Waals surface area (Å²) in [5.74, 6) is 0. The van der Waals surface area contributed by atoms with Gasteiger partial charge in [0.25, 0.3) is 0 Å². The molecule has 0 radical (unpaired) electrons. The zero-order valence-electron chi connectivity index (χ0n) is 14.0. The van der Waals surface area contributed by atoms with Crippen molar-refractivity contribution >= 4 is 0 Å². The molecule has 0 fully saturated rings. The summed E-state index contributed by atoms with van der Waals surface area (Å²) < 4.78 is 0. The van der Waals surface area contributed by atoms with Crippen molar-refractivity contribution in [2.75, 3.05) is 0 Å². The van der Waals surface area contributed by atoms with Crippen molar-refractivity contribution in [2.24, 2.45) is 0 Å². The fourth-order valence-corrected chi connectivity index (χ4v) is 2.62. The summed E-state index contributed by atoms with van der Waals surface area (Å²) in [6.45, 7) is 11.0. The first-order valence-electron chi connectivity index (χ1n) is 7.74. The summed E-state index contributed by atoms with van der Waals surface area (Å²) in [6, 6.07) is 13.3. The molecule has 0 aromatic heterocycles. The van der Waals surface area contributed by atoms with Crippen molar-refractivity contribution in [3.05, 3.63) is 81.4 Å². The minimum atomic E-state index is 1.03. The second kappa shape index (κ2) is 6.76. The molecule has 2 rings (SSSR count). The highest BCUT2D eigenvalue weighted by atomic mass is 14.1. The summed E-state index contributed by atoms with van der Waals surface area (Å²) >= 11 is 0. The lowest BCUT2D eigenvalue weighted by molar-refractivity contribution is 1.08. The number of hydrogen-bond donors (Lipinski definition) is 0. The molecule has 0 unspecified atom stereocenters. The van der Waals surface area contributed by atoms with Crippen LogP contribution in [0.4, 0.5) is 0 Å². The first-order chi connectivity index (χ1) is 9.97. The van der Waals surface area contributed by atoms with Crippen LogP contribution in [0.1, 0.15) is 40.3 Å². The van der Waals surface area contributed by atoms with Gasteiger partial charge in [0.2, 0.25) is 0 Å². The second-order valence-corrected chi connectivity index (χ2v) is 6.21. The van der Waals surface area contributed by atoms with Crippen LogP contribution in [-0.4, -0.2) is 0 Å². The van der Waals surface area contributed by atoms with Gasteiger partial charge in [-0.05, 0) is 75.3 Å². The van der Waals surface area contributed by atoms with Gasteiger partial charge in [0.05, 0.1) is 0 Å². The zero-order chi connectivity index (χ0) is 15.4. The number of allylic oxidation sites excluding steroid dienone is 2. The molecule has 110 valence electrons. The van der Waals surface area contributed by atoms with E-state index in [1.54, 1.807) is 0 Å². The van der Waals surface area contributed by atoms with Crippen molar-refractivity contribution in [2.45, 2.75) is 47.5 Å². The van der Waals surface area contributed by atoms with Crippen LogP contribution in [0.2, 0.25) is 0 Å². The maximum Gasteiger partial charge on any atom is -0.00698 e. The SMILES string of the molecule is C/C(=C\Cc1ccc(C)c(C)c1C)Cc1ccc(C)cc1. The highest BCUT2D eigenvalue weighted by Crippen LogP contribution is 2.19. The lowest BCUT2D eigenvalue weighted by atomic mass is 9.96. The Kier molecular flexibility index (Phi) is 5.01. The van der Waals surface area contributed by atoms with Crippen LogP contribution < -0.4 is 0 Å². The second-order valence-electron chi connectivity index (χ2n) is 6.21. The monoisotopic (exact) mass is 278 g/mol. The lowest BCUT2D eigenvalue weighted by Gasteiger charge is -2.10. The Labute approximate surface area is 129 Å². The molecule has 0 saturated carbocycles. The zero-order valence-corrected chi connectivity index (χ0v) is 14.0. The summed E-state index contributed by atoms with van der Waals surface area (Å²) in [6.07, 6.45) is 4.45. The molecule has 21 heavy (non-hydrogen) atoms. The molecule has 2 aromatic rings. The molecule has 0 atom stereocenters. The van der Waals surface area contributed by atoms with Gasteiger partial charge in [-0.25, -0.2) is 0 Å². The Morgan fingerprint density at radius 1 is 0.857 bits per heavy atom. The minimum absolute atomic E-state index is 1.03. The van der Waals surface area contributed by atoms with Crippen LogP contribution >= 0.6 is 0 Å². The fraction of sp³-hybridized carbons (Fsp3) is 0.333. The maximum absolute atomic E-state index is 2.37. The van der Waals surface area contributed by atoms with Gasteiger partial charge in [0.15, 0.2) is 0 Å². The number of rotatable bonds is 4. The van der Waals surface area contributed by atoms with E-state index in [0.29, 0.717) is 0 Å². The van der Waals surface area contributed by atoms with Gasteiger partial charge in [-0.1, -0.05) is 53.6 Å². The summed E-state index contributed by atoms with van der Waals surface area (Å²) in [5.41, 5.74) is 9.86. The quantitative estimate of drug-likeness (QED) is 0.634. The van der Waals surface area contributed by atoms with E-state index in [1.807, 2.05) is 0 Å². The van der Waals surface area contributed by atoms with E-state index in [2.05, 4.69) is 77.1 Å². The predicted octanol–water partition coefficient (Wildman–Crippen LogP) is 5.65. The molecular formula is C21H26. The average Bonchev–Trinajstić information content (AvgIpc) is 2.46. The molecule has 0 amide bonds. The van der Waals surface area contributed by atoms with E-state index in [0.717, 1.165) is 12.8 Å². The summed E-state index contributed by atoms with van der Waals surface area (Å²) in [4.78, 5) is 0. The first kappa shape index (κ1) is 15.6. The molecule has 0 heteroatoms. The standard InChI is InChI=1S/C21H26/c1-15-6-10-20(11-7-15)14-16(2)8-12-21-13-9-17(3)18(4)19(21)5/h6-11,13H,12,14H2,1-5H3/b16-8+. The van der Waals surface area contributed by atoms with Gasteiger partial charge in [-0.15, -0.1) is 0 Å². The fourth-order valence-electron chi connectivity index (χ4n) is 2.62. The molecule has 0 aliphatic rings. The van der Waals surface area contributed by atoms with Crippen molar-refractivity contribution in [1.29, 1.82) is 0 Å². The smallest absolute Gasteiger partial charge is 0.00698 e. The Morgan fingerprint density at radius 2 is 1.52 bits per heavy atom. The molecule has 2 aromatic carbocycles. The van der Waals surface area contributed by atoms with Crippen LogP contribution in [0.25, 0.3) is 0 Å². The molecule has 0 aliphatic heterocycles. The van der Waals surface area contributed by atoms with Crippen molar-refractivity contribution < 1.29 is 0 Å². The Morgan fingerprint density at radius 3 is 2.19 bits per heavy atom. The van der Waals surface area contributed by atoms with E-state index in [1.165, 1.54) is 39.0 Å². The topological polar surface area (TPSA) is 0 Å². The molecule has 0 aliphatic carbocycles. The first-order valence-corrected chi connectivity index (χ1v) is 7.74. The lowest BCUT2D eigenvalue weighted by Crippen LogP contribution is -1.95. The Balaban J connectivity index is 2.07. The molecular weight excluding hydrogens is 252 g/mol. The molecule has 0 N–H and O–H groups in total. The third-order valence-electron chi connectivity index (χ3n) is 4.44. The van der Waals surface area contributed by atoms with E-state index in [4.69, 9.17) is 0 Å². The third kappa shape index (κ3) is 4.07. The molecule has 0 nitrogen and oxygen atoms in total. The third-order valence-corrected chi connectivity index (χ3v) is 4.44. The van der Waals surface area contributed by atoms with Crippen LogP contribution in [-0.2, 0) is 12.8 Å². The van der Waals surface area contributed by atoms with Gasteiger partial charge in [-0.3, -0.25) is 0 Å². The van der Waals surface area contributed by atoms with Crippen LogP contribution in [0.15, 0.2) is 48.0 Å². The molecule has 0 heterocycles. The van der Waals surface area contributed by atoms with E-state index < -0.39 is 0 Å². The van der Waals surface area contributed by atoms with Crippen molar-refractivity contribution in [3.8, 4) is 0 Å². The average molecular weight is 278 g/mol. The highest BCUT2D eigenvalue weighted by Gasteiger charge is 2.03. The van der Waals surface area contributed by atoms with E-state index >= 15 is 0 Å². The van der Waals surface area contributed by atoms with Crippen LogP contribution in [0, 0.1) is 27.7 Å². The van der Waals surface area contributed by atoms with Crippen molar-refractivity contribution in [3.63, 3.8) is 0 Å². The number of benzene rings is 2. The summed E-state index contributed by atoms with van der Waals surface area (Å²) in [7, 11) is 0. The minimum Gasteiger partial charge on any atom is -0.0809 e. The van der Waals surface area contributed by atoms with E-state index in [-0.39, 0.29) is 0 Å². The van der Waals surface area contributed by atoms with Crippen LogP contribution in [0.5, 0.6) is 0 Å². The Bertz CT molecular complexity index is 642. The van der Waals surface area contributed by atoms with Crippen LogP contribution in [0.3, 0.4) is 0 Å². The largest absolute Gasteiger partial charge is 0.0809 e. The Hall–Kier alpha value is -1.82. The molecule has 0 saturated heterocycles. The number of aryl methyl sites for hydroxylation is 2. The van der Waals surface area contributed by atoms with Gasteiger partial charge in [0.1, 0.15) is 0 Å². The van der Waals surface area contributed by atoms with Gasteiger partial charge < -0.3 is 0 Å².